The van der Waals surface area contributed by atoms with Gasteiger partial charge < -0.3 is 15.1 Å². The van der Waals surface area contributed by atoms with Crippen molar-refractivity contribution in [2.75, 3.05) is 32.7 Å². The molecule has 2 atom stereocenters. The van der Waals surface area contributed by atoms with E-state index in [2.05, 4.69) is 50.5 Å². The van der Waals surface area contributed by atoms with E-state index >= 15 is 0 Å². The molecular formula is C22H33N3OS+2. The highest BCUT2D eigenvalue weighted by atomic mass is 32.1. The number of nitrogens with one attached hydrogen (secondary N) is 3. The van der Waals surface area contributed by atoms with Crippen LogP contribution in [0.1, 0.15) is 46.3 Å². The molecular weight excluding hydrogens is 354 g/mol. The van der Waals surface area contributed by atoms with Gasteiger partial charge in [-0.3, -0.25) is 4.79 Å². The van der Waals surface area contributed by atoms with E-state index in [1.54, 1.807) is 9.80 Å². The zero-order valence-electron chi connectivity index (χ0n) is 17.0. The molecule has 0 saturated carbocycles. The SMILES string of the molecule is CC[NH+]1CC[NH+]([C@H](c2cccs2)[C@@H](C)NC(=O)c2ccc(C)c(C)c2)CC1. The minimum atomic E-state index is 0.0318. The average molecular weight is 388 g/mol. The van der Waals surface area contributed by atoms with Gasteiger partial charge in [0.1, 0.15) is 32.2 Å². The van der Waals surface area contributed by atoms with Crippen molar-refractivity contribution in [2.45, 2.75) is 39.8 Å². The van der Waals surface area contributed by atoms with Gasteiger partial charge in [-0.05, 0) is 62.4 Å². The summed E-state index contributed by atoms with van der Waals surface area (Å²) in [7, 11) is 0. The molecule has 3 N–H and O–H groups in total. The molecule has 1 amide bonds. The number of quaternary nitrogens is 2. The van der Waals surface area contributed by atoms with Gasteiger partial charge in [0.2, 0.25) is 0 Å². The number of hydrogen-bond acceptors (Lipinski definition) is 2. The highest BCUT2D eigenvalue weighted by Crippen LogP contribution is 2.20. The van der Waals surface area contributed by atoms with Gasteiger partial charge in [-0.25, -0.2) is 0 Å². The maximum atomic E-state index is 12.9. The van der Waals surface area contributed by atoms with Gasteiger partial charge in [-0.15, -0.1) is 11.3 Å². The van der Waals surface area contributed by atoms with E-state index < -0.39 is 0 Å². The second kappa shape index (κ2) is 9.00. The van der Waals surface area contributed by atoms with E-state index in [1.807, 2.05) is 29.5 Å². The Balaban J connectivity index is 1.74. The van der Waals surface area contributed by atoms with E-state index in [-0.39, 0.29) is 11.9 Å². The first-order valence-electron chi connectivity index (χ1n) is 10.1. The first-order valence-corrected chi connectivity index (χ1v) is 11.0. The Kier molecular flexibility index (Phi) is 6.68. The molecule has 1 aliphatic heterocycles. The maximum Gasteiger partial charge on any atom is 0.251 e. The van der Waals surface area contributed by atoms with Gasteiger partial charge in [-0.1, -0.05) is 12.1 Å². The molecule has 2 heterocycles. The largest absolute Gasteiger partial charge is 0.343 e. The van der Waals surface area contributed by atoms with Crippen LogP contribution in [0.15, 0.2) is 35.7 Å². The Hall–Kier alpha value is -1.69. The van der Waals surface area contributed by atoms with Gasteiger partial charge >= 0.3 is 0 Å². The first kappa shape index (κ1) is 20.1. The Morgan fingerprint density at radius 2 is 1.89 bits per heavy atom. The number of hydrogen-bond donors (Lipinski definition) is 3. The summed E-state index contributed by atoms with van der Waals surface area (Å²) in [6.45, 7) is 14.5. The van der Waals surface area contributed by atoms with E-state index in [0.717, 1.165) is 24.2 Å². The standard InChI is InChI=1S/C22H31N3OS/c1-5-24-10-12-25(13-11-24)21(20-7-6-14-27-20)18(4)23-22(26)19-9-8-16(2)17(3)15-19/h6-9,14-15,18,21H,5,10-13H2,1-4H3,(H,23,26)/p+2/t18-,21+/m1/s1. The molecule has 1 fully saturated rings. The number of benzene rings is 1. The van der Waals surface area contributed by atoms with Crippen LogP contribution in [0.2, 0.25) is 0 Å². The summed E-state index contributed by atoms with van der Waals surface area (Å²) in [5.74, 6) is 0.0318. The molecule has 5 heteroatoms. The number of piperazine rings is 1. The molecule has 0 spiro atoms. The average Bonchev–Trinajstić information content (AvgIpc) is 3.18. The lowest BCUT2D eigenvalue weighted by Crippen LogP contribution is -3.28. The van der Waals surface area contributed by atoms with E-state index in [0.29, 0.717) is 6.04 Å². The van der Waals surface area contributed by atoms with Crippen molar-refractivity contribution < 1.29 is 14.6 Å². The smallest absolute Gasteiger partial charge is 0.251 e. The van der Waals surface area contributed by atoms with Crippen LogP contribution in [0.3, 0.4) is 0 Å². The van der Waals surface area contributed by atoms with Gasteiger partial charge in [0, 0.05) is 5.56 Å². The molecule has 2 aromatic rings. The second-order valence-electron chi connectivity index (χ2n) is 7.82. The lowest BCUT2D eigenvalue weighted by Gasteiger charge is -2.36. The van der Waals surface area contributed by atoms with E-state index in [9.17, 15) is 4.79 Å². The third-order valence-electron chi connectivity index (χ3n) is 6.02. The van der Waals surface area contributed by atoms with E-state index in [1.165, 1.54) is 30.1 Å². The topological polar surface area (TPSA) is 38.0 Å². The zero-order valence-corrected chi connectivity index (χ0v) is 17.8. The fourth-order valence-corrected chi connectivity index (χ4v) is 5.10. The number of carbonyl (C=O) groups is 1. The minimum absolute atomic E-state index is 0.0318. The summed E-state index contributed by atoms with van der Waals surface area (Å²) in [4.78, 5) is 17.5. The van der Waals surface area contributed by atoms with Gasteiger partial charge in [0.05, 0.1) is 17.5 Å². The Morgan fingerprint density at radius 3 is 2.48 bits per heavy atom. The van der Waals surface area contributed by atoms with E-state index in [4.69, 9.17) is 0 Å². The molecule has 1 saturated heterocycles. The number of rotatable bonds is 6. The van der Waals surface area contributed by atoms with Crippen molar-refractivity contribution in [3.05, 3.63) is 57.3 Å². The second-order valence-corrected chi connectivity index (χ2v) is 8.80. The van der Waals surface area contributed by atoms with Crippen LogP contribution in [-0.2, 0) is 0 Å². The van der Waals surface area contributed by atoms with Crippen LogP contribution in [0.5, 0.6) is 0 Å². The normalized spacial score (nSPS) is 22.2. The molecule has 0 bridgehead atoms. The lowest BCUT2D eigenvalue weighted by atomic mass is 10.0. The molecule has 1 aliphatic rings. The van der Waals surface area contributed by atoms with Gasteiger partial charge in [0.25, 0.3) is 5.91 Å². The van der Waals surface area contributed by atoms with Crippen molar-refractivity contribution >= 4 is 17.2 Å². The molecule has 1 aromatic heterocycles. The third kappa shape index (κ3) is 4.78. The zero-order chi connectivity index (χ0) is 19.4. The maximum absolute atomic E-state index is 12.9. The monoisotopic (exact) mass is 387 g/mol. The van der Waals surface area contributed by atoms with Gasteiger partial charge in [0.15, 0.2) is 0 Å². The summed E-state index contributed by atoms with van der Waals surface area (Å²) < 4.78 is 0. The summed E-state index contributed by atoms with van der Waals surface area (Å²) in [6.07, 6.45) is 0. The number of carbonyl (C=O) groups excluding carboxylic acids is 1. The van der Waals surface area contributed by atoms with Crippen LogP contribution in [0.25, 0.3) is 0 Å². The Morgan fingerprint density at radius 1 is 1.15 bits per heavy atom. The van der Waals surface area contributed by atoms with Crippen molar-refractivity contribution in [1.29, 1.82) is 0 Å². The molecule has 1 aromatic carbocycles. The molecule has 3 rings (SSSR count). The molecule has 0 unspecified atom stereocenters. The number of likely N-dealkylation sites (N-methyl/N-ethyl adjacent to an activating group) is 1. The molecule has 27 heavy (non-hydrogen) atoms. The minimum Gasteiger partial charge on any atom is -0.343 e. The van der Waals surface area contributed by atoms with Gasteiger partial charge in [-0.2, -0.15) is 0 Å². The molecule has 146 valence electrons. The summed E-state index contributed by atoms with van der Waals surface area (Å²) in [5, 5.41) is 5.44. The third-order valence-corrected chi connectivity index (χ3v) is 6.97. The summed E-state index contributed by atoms with van der Waals surface area (Å²) in [6, 6.07) is 10.7. The van der Waals surface area contributed by atoms with Crippen molar-refractivity contribution in [2.24, 2.45) is 0 Å². The van der Waals surface area contributed by atoms with Crippen LogP contribution < -0.4 is 15.1 Å². The predicted molar refractivity (Wildman–Crippen MR) is 112 cm³/mol. The van der Waals surface area contributed by atoms with Crippen molar-refractivity contribution in [3.8, 4) is 0 Å². The van der Waals surface area contributed by atoms with Crippen molar-refractivity contribution in [1.82, 2.24) is 5.32 Å². The van der Waals surface area contributed by atoms with Crippen LogP contribution >= 0.6 is 11.3 Å². The highest BCUT2D eigenvalue weighted by Gasteiger charge is 2.35. The molecule has 0 radical (unpaired) electrons. The summed E-state index contributed by atoms with van der Waals surface area (Å²) >= 11 is 1.81. The highest BCUT2D eigenvalue weighted by molar-refractivity contribution is 7.10. The quantitative estimate of drug-likeness (QED) is 0.681. The van der Waals surface area contributed by atoms with Crippen LogP contribution in [-0.4, -0.2) is 44.7 Å². The number of amides is 1. The molecule has 4 nitrogen and oxygen atoms in total. The first-order chi connectivity index (χ1) is 13.0. The number of thiophene rings is 1. The Labute approximate surface area is 167 Å². The number of aryl methyl sites for hydroxylation is 2. The Bertz CT molecular complexity index is 751. The fraction of sp³-hybridized carbons (Fsp3) is 0.500. The lowest BCUT2D eigenvalue weighted by molar-refractivity contribution is -1.03. The van der Waals surface area contributed by atoms with Crippen LogP contribution in [0.4, 0.5) is 0 Å². The summed E-state index contributed by atoms with van der Waals surface area (Å²) in [5.41, 5.74) is 3.14. The predicted octanol–water partition coefficient (Wildman–Crippen LogP) is 1.03. The van der Waals surface area contributed by atoms with Crippen LogP contribution in [0, 0.1) is 13.8 Å². The fourth-order valence-electron chi connectivity index (χ4n) is 4.11. The molecule has 0 aliphatic carbocycles. The van der Waals surface area contributed by atoms with Crippen molar-refractivity contribution in [3.63, 3.8) is 0 Å².